The number of hydrogen-bond donors (Lipinski definition) is 1. The van der Waals surface area contributed by atoms with E-state index in [1.165, 1.54) is 12.8 Å². The molecule has 1 aliphatic carbocycles. The molecule has 0 spiro atoms. The van der Waals surface area contributed by atoms with Crippen LogP contribution in [-0.4, -0.2) is 15.7 Å². The predicted molar refractivity (Wildman–Crippen MR) is 80.8 cm³/mol. The minimum atomic E-state index is 0.161. The maximum atomic E-state index is 6.21. The Kier molecular flexibility index (Phi) is 3.16. The van der Waals surface area contributed by atoms with E-state index < -0.39 is 0 Å². The number of nitrogens with two attached hydrogens (primary N) is 1. The van der Waals surface area contributed by atoms with Crippen molar-refractivity contribution in [2.24, 2.45) is 7.05 Å². The average Bonchev–Trinajstić information content (AvgIpc) is 3.18. The number of hydrogen-bond acceptors (Lipinski definition) is 3. The first-order valence-electron chi connectivity index (χ1n) is 7.15. The summed E-state index contributed by atoms with van der Waals surface area (Å²) in [5.74, 6) is 3.28. The van der Waals surface area contributed by atoms with Gasteiger partial charge in [0.2, 0.25) is 0 Å². The highest BCUT2D eigenvalue weighted by Gasteiger charge is 2.29. The van der Waals surface area contributed by atoms with E-state index in [2.05, 4.69) is 0 Å². The van der Waals surface area contributed by atoms with Crippen molar-refractivity contribution >= 4 is 5.82 Å². The highest BCUT2D eigenvalue weighted by Crippen LogP contribution is 2.41. The smallest absolute Gasteiger partial charge is 0.131 e. The fourth-order valence-corrected chi connectivity index (χ4v) is 2.44. The van der Waals surface area contributed by atoms with Crippen LogP contribution >= 0.6 is 0 Å². The van der Waals surface area contributed by atoms with Crippen LogP contribution in [0.15, 0.2) is 24.3 Å². The third kappa shape index (κ3) is 2.38. The highest BCUT2D eigenvalue weighted by atomic mass is 16.5. The van der Waals surface area contributed by atoms with Crippen molar-refractivity contribution in [3.63, 3.8) is 0 Å². The molecule has 1 aromatic heterocycles. The van der Waals surface area contributed by atoms with Crippen LogP contribution in [0.2, 0.25) is 0 Å². The largest absolute Gasteiger partial charge is 0.491 e. The van der Waals surface area contributed by atoms with Crippen LogP contribution in [-0.2, 0) is 7.05 Å². The van der Waals surface area contributed by atoms with Crippen molar-refractivity contribution in [3.8, 4) is 17.0 Å². The minimum absolute atomic E-state index is 0.161. The van der Waals surface area contributed by atoms with Crippen molar-refractivity contribution < 1.29 is 4.74 Å². The third-order valence-corrected chi connectivity index (χ3v) is 3.60. The second-order valence-electron chi connectivity index (χ2n) is 5.73. The number of nitrogen functional groups attached to an aromatic ring is 1. The summed E-state index contributed by atoms with van der Waals surface area (Å²) in [6, 6.07) is 7.99. The molecular formula is C16H21N3O. The van der Waals surface area contributed by atoms with Gasteiger partial charge in [-0.3, -0.25) is 0 Å². The molecule has 0 bridgehead atoms. The highest BCUT2D eigenvalue weighted by molar-refractivity contribution is 5.72. The van der Waals surface area contributed by atoms with Crippen molar-refractivity contribution in [1.82, 2.24) is 9.55 Å². The molecule has 20 heavy (non-hydrogen) atoms. The van der Waals surface area contributed by atoms with E-state index >= 15 is 0 Å². The summed E-state index contributed by atoms with van der Waals surface area (Å²) < 4.78 is 7.75. The molecule has 1 aromatic carbocycles. The van der Waals surface area contributed by atoms with Gasteiger partial charge in [-0.2, -0.15) is 0 Å². The molecule has 1 aliphatic rings. The zero-order chi connectivity index (χ0) is 14.3. The van der Waals surface area contributed by atoms with Crippen LogP contribution in [0, 0.1) is 0 Å². The Labute approximate surface area is 119 Å². The Bertz CT molecular complexity index is 627. The first-order chi connectivity index (χ1) is 9.56. The second kappa shape index (κ2) is 4.85. The maximum Gasteiger partial charge on any atom is 0.131 e. The standard InChI is InChI=1S/C16H21N3O/c1-10(2)20-13-6-4-5-12(9-13)14-15(17)19(3)16(18-14)11-7-8-11/h4-6,9-11H,7-8,17H2,1-3H3. The first-order valence-corrected chi connectivity index (χ1v) is 7.15. The Hall–Kier alpha value is -1.97. The molecule has 1 fully saturated rings. The van der Waals surface area contributed by atoms with Crippen LogP contribution in [0.3, 0.4) is 0 Å². The van der Waals surface area contributed by atoms with Gasteiger partial charge in [-0.1, -0.05) is 12.1 Å². The fourth-order valence-electron chi connectivity index (χ4n) is 2.44. The molecule has 0 saturated heterocycles. The normalized spacial score (nSPS) is 14.8. The minimum Gasteiger partial charge on any atom is -0.491 e. The van der Waals surface area contributed by atoms with Gasteiger partial charge in [0, 0.05) is 18.5 Å². The Morgan fingerprint density at radius 2 is 2.10 bits per heavy atom. The summed E-state index contributed by atoms with van der Waals surface area (Å²) in [5.41, 5.74) is 8.09. The number of anilines is 1. The average molecular weight is 271 g/mol. The zero-order valence-electron chi connectivity index (χ0n) is 12.3. The van der Waals surface area contributed by atoms with E-state index in [-0.39, 0.29) is 6.10 Å². The van der Waals surface area contributed by atoms with Gasteiger partial charge in [0.25, 0.3) is 0 Å². The van der Waals surface area contributed by atoms with E-state index in [4.69, 9.17) is 15.5 Å². The van der Waals surface area contributed by atoms with Crippen LogP contribution in [0.4, 0.5) is 5.82 Å². The van der Waals surface area contributed by atoms with Crippen molar-refractivity contribution in [3.05, 3.63) is 30.1 Å². The lowest BCUT2D eigenvalue weighted by molar-refractivity contribution is 0.242. The summed E-state index contributed by atoms with van der Waals surface area (Å²) in [5, 5.41) is 0. The molecular weight excluding hydrogens is 250 g/mol. The molecule has 3 rings (SSSR count). The number of ether oxygens (including phenoxy) is 1. The fraction of sp³-hybridized carbons (Fsp3) is 0.438. The van der Waals surface area contributed by atoms with Crippen molar-refractivity contribution in [2.75, 3.05) is 5.73 Å². The van der Waals surface area contributed by atoms with Gasteiger partial charge in [0.1, 0.15) is 23.1 Å². The van der Waals surface area contributed by atoms with Crippen LogP contribution in [0.1, 0.15) is 38.4 Å². The molecule has 4 nitrogen and oxygen atoms in total. The summed E-state index contributed by atoms with van der Waals surface area (Å²) in [6.45, 7) is 4.04. The molecule has 0 radical (unpaired) electrons. The Morgan fingerprint density at radius 1 is 1.35 bits per heavy atom. The van der Waals surface area contributed by atoms with Crippen LogP contribution < -0.4 is 10.5 Å². The molecule has 4 heteroatoms. The van der Waals surface area contributed by atoms with E-state index in [1.807, 2.05) is 49.7 Å². The van der Waals surface area contributed by atoms with Gasteiger partial charge in [-0.05, 0) is 38.8 Å². The van der Waals surface area contributed by atoms with Crippen LogP contribution in [0.5, 0.6) is 5.75 Å². The van der Waals surface area contributed by atoms with E-state index in [9.17, 15) is 0 Å². The van der Waals surface area contributed by atoms with E-state index in [1.54, 1.807) is 0 Å². The van der Waals surface area contributed by atoms with Gasteiger partial charge in [0.05, 0.1) is 6.10 Å². The summed E-state index contributed by atoms with van der Waals surface area (Å²) in [7, 11) is 1.99. The van der Waals surface area contributed by atoms with E-state index in [0.717, 1.165) is 28.6 Å². The molecule has 0 atom stereocenters. The number of benzene rings is 1. The molecule has 0 unspecified atom stereocenters. The number of rotatable bonds is 4. The van der Waals surface area contributed by atoms with E-state index in [0.29, 0.717) is 5.92 Å². The quantitative estimate of drug-likeness (QED) is 0.928. The molecule has 2 aromatic rings. The lowest BCUT2D eigenvalue weighted by Crippen LogP contribution is -2.05. The molecule has 0 aliphatic heterocycles. The van der Waals surface area contributed by atoms with Gasteiger partial charge in [0.15, 0.2) is 0 Å². The van der Waals surface area contributed by atoms with Gasteiger partial charge in [-0.15, -0.1) is 0 Å². The van der Waals surface area contributed by atoms with Crippen molar-refractivity contribution in [1.29, 1.82) is 0 Å². The van der Waals surface area contributed by atoms with Gasteiger partial charge < -0.3 is 15.0 Å². The predicted octanol–water partition coefficient (Wildman–Crippen LogP) is 3.33. The monoisotopic (exact) mass is 271 g/mol. The summed E-state index contributed by atoms with van der Waals surface area (Å²) in [6.07, 6.45) is 2.61. The summed E-state index contributed by atoms with van der Waals surface area (Å²) in [4.78, 5) is 4.74. The number of imidazole rings is 1. The first kappa shape index (κ1) is 13.0. The molecule has 2 N–H and O–H groups in total. The number of aromatic nitrogens is 2. The van der Waals surface area contributed by atoms with Gasteiger partial charge in [-0.25, -0.2) is 4.98 Å². The lowest BCUT2D eigenvalue weighted by Gasteiger charge is -2.10. The maximum absolute atomic E-state index is 6.21. The molecule has 1 saturated carbocycles. The molecule has 1 heterocycles. The SMILES string of the molecule is CC(C)Oc1cccc(-c2nc(C3CC3)n(C)c2N)c1. The lowest BCUT2D eigenvalue weighted by atomic mass is 10.1. The van der Waals surface area contributed by atoms with Crippen LogP contribution in [0.25, 0.3) is 11.3 Å². The Balaban J connectivity index is 1.98. The van der Waals surface area contributed by atoms with Crippen molar-refractivity contribution in [2.45, 2.75) is 38.7 Å². The second-order valence-corrected chi connectivity index (χ2v) is 5.73. The Morgan fingerprint density at radius 3 is 2.75 bits per heavy atom. The third-order valence-electron chi connectivity index (χ3n) is 3.60. The molecule has 106 valence electrons. The summed E-state index contributed by atoms with van der Waals surface area (Å²) >= 11 is 0. The molecule has 0 amide bonds. The zero-order valence-corrected chi connectivity index (χ0v) is 12.3. The topological polar surface area (TPSA) is 53.1 Å². The van der Waals surface area contributed by atoms with Gasteiger partial charge >= 0.3 is 0 Å². The number of nitrogens with zero attached hydrogens (tertiary/aromatic N) is 2.